The third-order valence-corrected chi connectivity index (χ3v) is 3.66. The van der Waals surface area contributed by atoms with Crippen LogP contribution >= 0.6 is 11.3 Å². The van der Waals surface area contributed by atoms with Crippen molar-refractivity contribution in [2.75, 3.05) is 5.73 Å². The van der Waals surface area contributed by atoms with Crippen LogP contribution in [-0.4, -0.2) is 4.98 Å². The number of rotatable bonds is 2. The van der Waals surface area contributed by atoms with Crippen molar-refractivity contribution in [1.82, 2.24) is 4.98 Å². The maximum absolute atomic E-state index is 5.73. The second kappa shape index (κ2) is 2.95. The van der Waals surface area contributed by atoms with Gasteiger partial charge in [-0.3, -0.25) is 0 Å². The third-order valence-electron chi connectivity index (χ3n) is 2.62. The third kappa shape index (κ3) is 1.48. The summed E-state index contributed by atoms with van der Waals surface area (Å²) in [5, 5.41) is 1.27. The lowest BCUT2D eigenvalue weighted by Gasteiger charge is -1.89. The van der Waals surface area contributed by atoms with E-state index in [1.54, 1.807) is 11.3 Å². The van der Waals surface area contributed by atoms with Gasteiger partial charge in [0.2, 0.25) is 0 Å². The highest BCUT2D eigenvalue weighted by Crippen LogP contribution is 2.35. The highest BCUT2D eigenvalue weighted by molar-refractivity contribution is 7.18. The molecule has 1 aliphatic rings. The molecule has 3 rings (SSSR count). The fraction of sp³-hybridized carbons (Fsp3) is 0.364. The number of hydrogen-bond acceptors (Lipinski definition) is 3. The molecule has 14 heavy (non-hydrogen) atoms. The number of fused-ring (bicyclic) bond motifs is 1. The molecule has 0 bridgehead atoms. The van der Waals surface area contributed by atoms with Crippen molar-refractivity contribution in [3.8, 4) is 0 Å². The number of hydrogen-bond donors (Lipinski definition) is 1. The number of aromatic nitrogens is 1. The van der Waals surface area contributed by atoms with Gasteiger partial charge in [-0.1, -0.05) is 0 Å². The molecule has 0 amide bonds. The van der Waals surface area contributed by atoms with Crippen molar-refractivity contribution in [3.63, 3.8) is 0 Å². The van der Waals surface area contributed by atoms with E-state index in [-0.39, 0.29) is 0 Å². The minimum atomic E-state index is 0.833. The molecule has 1 heterocycles. The Bertz CT molecular complexity index is 471. The van der Waals surface area contributed by atoms with Gasteiger partial charge in [0.25, 0.3) is 0 Å². The highest BCUT2D eigenvalue weighted by atomic mass is 32.1. The molecule has 1 aromatic heterocycles. The summed E-state index contributed by atoms with van der Waals surface area (Å²) in [6.07, 6.45) is 3.94. The summed E-state index contributed by atoms with van der Waals surface area (Å²) in [6, 6.07) is 5.95. The van der Waals surface area contributed by atoms with Gasteiger partial charge in [0, 0.05) is 12.1 Å². The van der Waals surface area contributed by atoms with Gasteiger partial charge < -0.3 is 5.73 Å². The van der Waals surface area contributed by atoms with Crippen molar-refractivity contribution in [1.29, 1.82) is 0 Å². The maximum Gasteiger partial charge on any atom is 0.0941 e. The minimum Gasteiger partial charge on any atom is -0.399 e. The topological polar surface area (TPSA) is 38.9 Å². The quantitative estimate of drug-likeness (QED) is 0.764. The van der Waals surface area contributed by atoms with Crippen LogP contribution in [0, 0.1) is 5.92 Å². The molecule has 0 aliphatic heterocycles. The predicted octanol–water partition coefficient (Wildman–Crippen LogP) is 2.83. The lowest BCUT2D eigenvalue weighted by atomic mass is 10.3. The molecule has 72 valence electrons. The van der Waals surface area contributed by atoms with Crippen molar-refractivity contribution in [2.45, 2.75) is 19.3 Å². The van der Waals surface area contributed by atoms with Crippen LogP contribution in [0.15, 0.2) is 18.2 Å². The van der Waals surface area contributed by atoms with E-state index in [0.29, 0.717) is 0 Å². The number of nitrogens with zero attached hydrogens (tertiary/aromatic N) is 1. The van der Waals surface area contributed by atoms with Crippen molar-refractivity contribution >= 4 is 27.2 Å². The van der Waals surface area contributed by atoms with E-state index in [4.69, 9.17) is 5.73 Å². The van der Waals surface area contributed by atoms with E-state index < -0.39 is 0 Å². The molecule has 3 heteroatoms. The van der Waals surface area contributed by atoms with E-state index in [0.717, 1.165) is 17.1 Å². The van der Waals surface area contributed by atoms with Gasteiger partial charge >= 0.3 is 0 Å². The number of nitrogens with two attached hydrogens (primary N) is 1. The highest BCUT2D eigenvalue weighted by Gasteiger charge is 2.23. The molecule has 1 aromatic carbocycles. The van der Waals surface area contributed by atoms with E-state index in [2.05, 4.69) is 4.98 Å². The monoisotopic (exact) mass is 204 g/mol. The number of benzene rings is 1. The van der Waals surface area contributed by atoms with Crippen LogP contribution in [0.5, 0.6) is 0 Å². The number of thiazole rings is 1. The Balaban J connectivity index is 2.01. The molecule has 2 N–H and O–H groups in total. The predicted molar refractivity (Wildman–Crippen MR) is 60.5 cm³/mol. The van der Waals surface area contributed by atoms with Gasteiger partial charge in [-0.2, -0.15) is 0 Å². The summed E-state index contributed by atoms with van der Waals surface area (Å²) >= 11 is 1.79. The fourth-order valence-corrected chi connectivity index (χ4v) is 2.78. The van der Waals surface area contributed by atoms with Crippen LogP contribution in [0.25, 0.3) is 10.2 Å². The first-order valence-corrected chi connectivity index (χ1v) is 5.78. The Morgan fingerprint density at radius 3 is 3.07 bits per heavy atom. The molecule has 0 radical (unpaired) electrons. The lowest BCUT2D eigenvalue weighted by Crippen LogP contribution is -1.84. The first kappa shape index (κ1) is 8.24. The van der Waals surface area contributed by atoms with Gasteiger partial charge in [-0.15, -0.1) is 11.3 Å². The number of anilines is 1. The van der Waals surface area contributed by atoms with Gasteiger partial charge in [0.1, 0.15) is 0 Å². The second-order valence-corrected chi connectivity index (χ2v) is 5.10. The molecular weight excluding hydrogens is 192 g/mol. The molecule has 0 saturated heterocycles. The Kier molecular flexibility index (Phi) is 1.74. The first-order chi connectivity index (χ1) is 6.81. The van der Waals surface area contributed by atoms with E-state index in [9.17, 15) is 0 Å². The van der Waals surface area contributed by atoms with E-state index >= 15 is 0 Å². The average molecular weight is 204 g/mol. The Labute approximate surface area is 86.8 Å². The lowest BCUT2D eigenvalue weighted by molar-refractivity contribution is 0.826. The molecule has 1 saturated carbocycles. The van der Waals surface area contributed by atoms with Crippen molar-refractivity contribution in [2.24, 2.45) is 5.92 Å². The van der Waals surface area contributed by atoms with Crippen LogP contribution in [0.3, 0.4) is 0 Å². The van der Waals surface area contributed by atoms with Gasteiger partial charge in [0.15, 0.2) is 0 Å². The van der Waals surface area contributed by atoms with E-state index in [1.165, 1.54) is 29.0 Å². The second-order valence-electron chi connectivity index (χ2n) is 3.98. The molecule has 2 aromatic rings. The van der Waals surface area contributed by atoms with Gasteiger partial charge in [-0.25, -0.2) is 4.98 Å². The number of nitrogen functional groups attached to an aromatic ring is 1. The SMILES string of the molecule is Nc1ccc2nc(CC3CC3)sc2c1. The zero-order valence-corrected chi connectivity index (χ0v) is 8.68. The molecule has 1 aliphatic carbocycles. The zero-order chi connectivity index (χ0) is 9.54. The van der Waals surface area contributed by atoms with Crippen molar-refractivity contribution < 1.29 is 0 Å². The summed E-state index contributed by atoms with van der Waals surface area (Å²) in [4.78, 5) is 4.60. The van der Waals surface area contributed by atoms with Gasteiger partial charge in [-0.05, 0) is 37.0 Å². The van der Waals surface area contributed by atoms with E-state index in [1.807, 2.05) is 18.2 Å². The molecule has 0 unspecified atom stereocenters. The Morgan fingerprint density at radius 2 is 2.29 bits per heavy atom. The zero-order valence-electron chi connectivity index (χ0n) is 7.86. The molecule has 2 nitrogen and oxygen atoms in total. The minimum absolute atomic E-state index is 0.833. The van der Waals surface area contributed by atoms with Crippen LogP contribution < -0.4 is 5.73 Å². The average Bonchev–Trinajstić information content (AvgIpc) is 2.84. The van der Waals surface area contributed by atoms with Crippen LogP contribution in [0.2, 0.25) is 0 Å². The normalized spacial score (nSPS) is 16.3. The molecule has 1 fully saturated rings. The summed E-state index contributed by atoms with van der Waals surface area (Å²) in [6.45, 7) is 0. The van der Waals surface area contributed by atoms with Gasteiger partial charge in [0.05, 0.1) is 15.2 Å². The molecular formula is C11H12N2S. The summed E-state index contributed by atoms with van der Waals surface area (Å²) in [7, 11) is 0. The summed E-state index contributed by atoms with van der Waals surface area (Å²) < 4.78 is 1.22. The molecule has 0 spiro atoms. The molecule has 0 atom stereocenters. The standard InChI is InChI=1S/C11H12N2S/c12-8-3-4-9-10(6-8)14-11(13-9)5-7-1-2-7/h3-4,6-7H,1-2,5,12H2. The summed E-state index contributed by atoms with van der Waals surface area (Å²) in [5.74, 6) is 0.910. The van der Waals surface area contributed by atoms with Crippen molar-refractivity contribution in [3.05, 3.63) is 23.2 Å². The van der Waals surface area contributed by atoms with Crippen LogP contribution in [-0.2, 0) is 6.42 Å². The first-order valence-electron chi connectivity index (χ1n) is 4.96. The summed E-state index contributed by atoms with van der Waals surface area (Å²) in [5.41, 5.74) is 7.66. The van der Waals surface area contributed by atoms with Crippen LogP contribution in [0.1, 0.15) is 17.8 Å². The fourth-order valence-electron chi connectivity index (χ4n) is 1.65. The Hall–Kier alpha value is -1.09. The Morgan fingerprint density at radius 1 is 1.43 bits per heavy atom. The smallest absolute Gasteiger partial charge is 0.0941 e. The maximum atomic E-state index is 5.73. The van der Waals surface area contributed by atoms with Crippen LogP contribution in [0.4, 0.5) is 5.69 Å². The largest absolute Gasteiger partial charge is 0.399 e.